The minimum atomic E-state index is -4.13. The number of rotatable bonds is 10. The van der Waals surface area contributed by atoms with Crippen LogP contribution in [0.4, 0.5) is 0 Å². The molecule has 0 aliphatic heterocycles. The van der Waals surface area contributed by atoms with Gasteiger partial charge in [0.2, 0.25) is 10.0 Å². The number of sulfonamides is 1. The van der Waals surface area contributed by atoms with Crippen molar-refractivity contribution in [3.8, 4) is 22.9 Å². The van der Waals surface area contributed by atoms with E-state index in [9.17, 15) is 23.4 Å². The van der Waals surface area contributed by atoms with Crippen molar-refractivity contribution >= 4 is 27.3 Å². The van der Waals surface area contributed by atoms with Gasteiger partial charge in [-0.2, -0.15) is 0 Å². The third-order valence-corrected chi connectivity index (χ3v) is 7.90. The molecule has 0 aliphatic rings. The first kappa shape index (κ1) is 25.8. The number of carbonyl (C=O) groups excluding carboxylic acids is 1. The van der Waals surface area contributed by atoms with E-state index in [0.29, 0.717) is 28.8 Å². The van der Waals surface area contributed by atoms with Crippen LogP contribution in [0, 0.1) is 5.92 Å². The molecule has 0 unspecified atom stereocenters. The summed E-state index contributed by atoms with van der Waals surface area (Å²) >= 11 is 1.00. The lowest BCUT2D eigenvalue weighted by Crippen LogP contribution is -2.13. The van der Waals surface area contributed by atoms with Gasteiger partial charge in [-0.1, -0.05) is 45.4 Å². The van der Waals surface area contributed by atoms with Gasteiger partial charge in [0.1, 0.15) is 4.21 Å². The zero-order valence-corrected chi connectivity index (χ0v) is 21.1. The largest absolute Gasteiger partial charge is 0.494 e. The summed E-state index contributed by atoms with van der Waals surface area (Å²) in [6.07, 6.45) is 2.05. The normalized spacial score (nSPS) is 11.8. The van der Waals surface area contributed by atoms with Crippen LogP contribution in [-0.2, 0) is 27.7 Å². The molecule has 1 aromatic carbocycles. The zero-order chi connectivity index (χ0) is 25.0. The van der Waals surface area contributed by atoms with E-state index in [2.05, 4.69) is 0 Å². The molecule has 0 radical (unpaired) electrons. The van der Waals surface area contributed by atoms with Gasteiger partial charge in [-0.15, -0.1) is 11.3 Å². The molecule has 0 fully saturated rings. The van der Waals surface area contributed by atoms with Crippen LogP contribution in [0.25, 0.3) is 11.1 Å². The summed E-state index contributed by atoms with van der Waals surface area (Å²) in [5, 5.41) is 25.5. The number of thiophene rings is 1. The summed E-state index contributed by atoms with van der Waals surface area (Å²) in [5.74, 6) is -0.615. The molecule has 0 amide bonds. The highest BCUT2D eigenvalue weighted by Crippen LogP contribution is 2.41. The van der Waals surface area contributed by atoms with Crippen LogP contribution in [-0.4, -0.2) is 35.8 Å². The number of nitrogens with zero attached hydrogens (tertiary/aromatic N) is 1. The maximum Gasteiger partial charge on any atom is 0.339 e. The van der Waals surface area contributed by atoms with Crippen LogP contribution in [0.1, 0.15) is 54.4 Å². The Morgan fingerprint density at radius 3 is 2.44 bits per heavy atom. The molecule has 184 valence electrons. The monoisotopic (exact) mass is 506 g/mol. The Morgan fingerprint density at radius 1 is 1.18 bits per heavy atom. The Morgan fingerprint density at radius 2 is 1.85 bits per heavy atom. The van der Waals surface area contributed by atoms with Gasteiger partial charge < -0.3 is 14.9 Å². The molecule has 0 aliphatic carbocycles. The van der Waals surface area contributed by atoms with Crippen LogP contribution >= 0.6 is 11.3 Å². The maximum atomic E-state index is 13.2. The van der Waals surface area contributed by atoms with Crippen LogP contribution in [0.2, 0.25) is 0 Å². The summed E-state index contributed by atoms with van der Waals surface area (Å²) in [4.78, 5) is 13.8. The summed E-state index contributed by atoms with van der Waals surface area (Å²) in [5.41, 5.74) is 1.62. The van der Waals surface area contributed by atoms with Gasteiger partial charge in [0.15, 0.2) is 11.8 Å². The number of aromatic hydroxyl groups is 2. The van der Waals surface area contributed by atoms with E-state index < -0.39 is 16.0 Å². The quantitative estimate of drug-likeness (QED) is 0.274. The summed E-state index contributed by atoms with van der Waals surface area (Å²) in [7, 11) is -4.13. The fourth-order valence-electron chi connectivity index (χ4n) is 3.65. The van der Waals surface area contributed by atoms with Gasteiger partial charge in [0.05, 0.1) is 18.7 Å². The minimum Gasteiger partial charge on any atom is -0.494 e. The molecule has 8 nitrogen and oxygen atoms in total. The minimum absolute atomic E-state index is 0.0885. The average molecular weight is 507 g/mol. The zero-order valence-electron chi connectivity index (χ0n) is 19.4. The number of carbonyl (C=O) groups is 1. The number of aromatic nitrogens is 1. The second-order valence-electron chi connectivity index (χ2n) is 8.53. The molecule has 0 saturated heterocycles. The lowest BCUT2D eigenvalue weighted by Gasteiger charge is -2.12. The number of nitrogens with two attached hydrogens (primary N) is 1. The predicted molar refractivity (Wildman–Crippen MR) is 132 cm³/mol. The maximum absolute atomic E-state index is 13.2. The SMILES string of the molecule is CCCCOC(=O)c1c(CC(C)C)sc(S(N)(=O)=O)c1-c1cccc(Cn2c(O)ccc2O)c1. The predicted octanol–water partition coefficient (Wildman–Crippen LogP) is 4.48. The molecule has 3 aromatic rings. The molecular formula is C24H30N2O6S2. The Kier molecular flexibility index (Phi) is 8.06. The van der Waals surface area contributed by atoms with Crippen molar-refractivity contribution in [1.82, 2.24) is 4.57 Å². The topological polar surface area (TPSA) is 132 Å². The first-order valence-electron chi connectivity index (χ1n) is 11.0. The standard InChI is InChI=1S/C24H30N2O6S2/c1-4-5-11-32-23(29)22-18(12-15(2)3)33-24(34(25,30)31)21(22)17-8-6-7-16(13-17)14-26-19(27)9-10-20(26)28/h6-10,13,15,27-28H,4-5,11-12,14H2,1-3H3,(H2,25,30,31). The highest BCUT2D eigenvalue weighted by Gasteiger charge is 2.31. The molecular weight excluding hydrogens is 476 g/mol. The molecule has 3 rings (SSSR count). The van der Waals surface area contributed by atoms with Crippen LogP contribution in [0.3, 0.4) is 0 Å². The molecule has 2 heterocycles. The molecule has 0 spiro atoms. The van der Waals surface area contributed by atoms with E-state index >= 15 is 0 Å². The number of primary sulfonamides is 1. The first-order chi connectivity index (χ1) is 16.0. The molecule has 10 heteroatoms. The lowest BCUT2D eigenvalue weighted by atomic mass is 9.98. The van der Waals surface area contributed by atoms with Crippen LogP contribution < -0.4 is 5.14 Å². The van der Waals surface area contributed by atoms with E-state index in [4.69, 9.17) is 9.88 Å². The second-order valence-corrected chi connectivity index (χ2v) is 11.4. The molecule has 0 bridgehead atoms. The molecule has 4 N–H and O–H groups in total. The first-order valence-corrected chi connectivity index (χ1v) is 13.4. The number of hydrogen-bond donors (Lipinski definition) is 3. The van der Waals surface area contributed by atoms with Crippen molar-refractivity contribution in [3.63, 3.8) is 0 Å². The van der Waals surface area contributed by atoms with Crippen molar-refractivity contribution in [2.45, 2.75) is 50.8 Å². The third-order valence-electron chi connectivity index (χ3n) is 5.23. The van der Waals surface area contributed by atoms with Crippen LogP contribution in [0.5, 0.6) is 11.8 Å². The van der Waals surface area contributed by atoms with Gasteiger partial charge in [0.25, 0.3) is 0 Å². The fourth-order valence-corrected chi connectivity index (χ4v) is 6.17. The average Bonchev–Trinajstić information content (AvgIpc) is 3.29. The van der Waals surface area contributed by atoms with Crippen molar-refractivity contribution in [1.29, 1.82) is 0 Å². The molecule has 0 atom stereocenters. The van der Waals surface area contributed by atoms with Crippen molar-refractivity contribution < 1.29 is 28.2 Å². The van der Waals surface area contributed by atoms with Crippen LogP contribution in [0.15, 0.2) is 40.6 Å². The van der Waals surface area contributed by atoms with Gasteiger partial charge >= 0.3 is 5.97 Å². The summed E-state index contributed by atoms with van der Waals surface area (Å²) in [6.45, 7) is 6.34. The van der Waals surface area contributed by atoms with Gasteiger partial charge in [-0.25, -0.2) is 18.4 Å². The Balaban J connectivity index is 2.17. The number of benzene rings is 1. The Bertz CT molecular complexity index is 1260. The van der Waals surface area contributed by atoms with Crippen molar-refractivity contribution in [3.05, 3.63) is 52.4 Å². The lowest BCUT2D eigenvalue weighted by molar-refractivity contribution is 0.0500. The highest BCUT2D eigenvalue weighted by molar-refractivity contribution is 7.91. The van der Waals surface area contributed by atoms with Gasteiger partial charge in [0, 0.05) is 22.6 Å². The Hall–Kier alpha value is -2.82. The Labute approximate surface area is 203 Å². The molecule has 0 saturated carbocycles. The number of esters is 1. The van der Waals surface area contributed by atoms with Gasteiger partial charge in [-0.05, 0) is 36.0 Å². The number of ether oxygens (including phenoxy) is 1. The summed E-state index contributed by atoms with van der Waals surface area (Å²) in [6, 6.07) is 9.68. The second kappa shape index (κ2) is 10.6. The van der Waals surface area contributed by atoms with Gasteiger partial charge in [-0.3, -0.25) is 4.57 Å². The highest BCUT2D eigenvalue weighted by atomic mass is 32.2. The van der Waals surface area contributed by atoms with E-state index in [1.807, 2.05) is 20.8 Å². The van der Waals surface area contributed by atoms with Crippen molar-refractivity contribution in [2.75, 3.05) is 6.61 Å². The fraction of sp³-hybridized carbons (Fsp3) is 0.375. The smallest absolute Gasteiger partial charge is 0.339 e. The number of hydrogen-bond acceptors (Lipinski definition) is 7. The molecule has 34 heavy (non-hydrogen) atoms. The van der Waals surface area contributed by atoms with E-state index in [0.717, 1.165) is 17.8 Å². The number of unbranched alkanes of at least 4 members (excludes halogenated alkanes) is 1. The third kappa shape index (κ3) is 5.81. The van der Waals surface area contributed by atoms with E-state index in [1.165, 1.54) is 16.7 Å². The molecule has 2 aromatic heterocycles. The summed E-state index contributed by atoms with van der Waals surface area (Å²) < 4.78 is 31.8. The van der Waals surface area contributed by atoms with E-state index in [-0.39, 0.29) is 46.2 Å². The van der Waals surface area contributed by atoms with E-state index in [1.54, 1.807) is 24.3 Å². The van der Waals surface area contributed by atoms with Crippen molar-refractivity contribution in [2.24, 2.45) is 11.1 Å².